The van der Waals surface area contributed by atoms with Crippen LogP contribution in [0.5, 0.6) is 0 Å². The molecule has 0 bridgehead atoms. The number of hydrogen-bond donors (Lipinski definition) is 1. The fraction of sp³-hybridized carbons (Fsp3) is 0.208. The van der Waals surface area contributed by atoms with Crippen molar-refractivity contribution in [2.75, 3.05) is 0 Å². The lowest BCUT2D eigenvalue weighted by molar-refractivity contribution is 0.0952. The van der Waals surface area contributed by atoms with Crippen LogP contribution in [0.2, 0.25) is 5.02 Å². The molecule has 2 aromatic heterocycles. The van der Waals surface area contributed by atoms with Crippen LogP contribution in [-0.2, 0) is 13.0 Å². The smallest absolute Gasteiger partial charge is 0.257 e. The summed E-state index contributed by atoms with van der Waals surface area (Å²) in [5.41, 5.74) is 5.79. The van der Waals surface area contributed by atoms with Crippen molar-refractivity contribution in [3.05, 3.63) is 98.7 Å². The Hall–Kier alpha value is -3.25. The maximum absolute atomic E-state index is 14.3. The molecule has 0 fully saturated rings. The lowest BCUT2D eigenvalue weighted by atomic mass is 10.0. The average molecular weight is 437 g/mol. The zero-order valence-corrected chi connectivity index (χ0v) is 18.3. The molecule has 5 nitrogen and oxygen atoms in total. The first-order valence-corrected chi connectivity index (χ1v) is 10.3. The first kappa shape index (κ1) is 21.0. The Labute approximate surface area is 184 Å². The molecule has 0 aliphatic heterocycles. The molecule has 4 aromatic rings. The van der Waals surface area contributed by atoms with Crippen molar-refractivity contribution in [3.8, 4) is 0 Å². The van der Waals surface area contributed by atoms with Gasteiger partial charge in [0, 0.05) is 34.9 Å². The van der Waals surface area contributed by atoms with Crippen molar-refractivity contribution in [1.29, 1.82) is 0 Å². The van der Waals surface area contributed by atoms with E-state index in [0.29, 0.717) is 40.5 Å². The standard InChI is InChI=1S/C24H22ClFN4O/c1-14-7-9-17(10-8-14)12-27-24(31)20-13-28-30-16(3)18(15(2)29-23(20)30)11-19-21(25)5-4-6-22(19)26/h4-10,13H,11-12H2,1-3H3,(H,27,31). The molecular formula is C24H22ClFN4O. The highest BCUT2D eigenvalue weighted by molar-refractivity contribution is 6.31. The van der Waals surface area contributed by atoms with Crippen molar-refractivity contribution in [3.63, 3.8) is 0 Å². The van der Waals surface area contributed by atoms with Gasteiger partial charge in [0.2, 0.25) is 0 Å². The van der Waals surface area contributed by atoms with E-state index in [9.17, 15) is 9.18 Å². The number of halogens is 2. The quantitative estimate of drug-likeness (QED) is 0.480. The summed E-state index contributed by atoms with van der Waals surface area (Å²) in [6.07, 6.45) is 1.81. The van der Waals surface area contributed by atoms with Crippen LogP contribution in [0.25, 0.3) is 5.65 Å². The van der Waals surface area contributed by atoms with E-state index in [1.54, 1.807) is 16.6 Å². The molecule has 0 radical (unpaired) electrons. The molecule has 7 heteroatoms. The maximum Gasteiger partial charge on any atom is 0.257 e. The molecule has 1 amide bonds. The molecule has 31 heavy (non-hydrogen) atoms. The van der Waals surface area contributed by atoms with E-state index >= 15 is 0 Å². The van der Waals surface area contributed by atoms with Gasteiger partial charge in [0.05, 0.1) is 6.20 Å². The fourth-order valence-electron chi connectivity index (χ4n) is 3.59. The van der Waals surface area contributed by atoms with Gasteiger partial charge in [-0.25, -0.2) is 13.9 Å². The summed E-state index contributed by atoms with van der Waals surface area (Å²) in [7, 11) is 0. The van der Waals surface area contributed by atoms with E-state index < -0.39 is 0 Å². The summed E-state index contributed by atoms with van der Waals surface area (Å²) in [6, 6.07) is 12.6. The number of nitrogens with zero attached hydrogens (tertiary/aromatic N) is 3. The largest absolute Gasteiger partial charge is 0.348 e. The van der Waals surface area contributed by atoms with Crippen LogP contribution in [0.1, 0.15) is 44.0 Å². The second-order valence-electron chi connectivity index (χ2n) is 7.60. The van der Waals surface area contributed by atoms with E-state index in [-0.39, 0.29) is 11.7 Å². The molecule has 4 rings (SSSR count). The Kier molecular flexibility index (Phi) is 5.74. The van der Waals surface area contributed by atoms with Gasteiger partial charge >= 0.3 is 0 Å². The Morgan fingerprint density at radius 2 is 1.84 bits per heavy atom. The summed E-state index contributed by atoms with van der Waals surface area (Å²) >= 11 is 6.21. The Balaban J connectivity index is 1.63. The number of aromatic nitrogens is 3. The number of hydrogen-bond acceptors (Lipinski definition) is 3. The molecular weight excluding hydrogens is 415 g/mol. The van der Waals surface area contributed by atoms with E-state index in [1.165, 1.54) is 17.8 Å². The highest BCUT2D eigenvalue weighted by Gasteiger charge is 2.19. The van der Waals surface area contributed by atoms with Crippen molar-refractivity contribution >= 4 is 23.2 Å². The summed E-state index contributed by atoms with van der Waals surface area (Å²) in [5.74, 6) is -0.602. The highest BCUT2D eigenvalue weighted by atomic mass is 35.5. The van der Waals surface area contributed by atoms with Gasteiger partial charge < -0.3 is 5.32 Å². The SMILES string of the molecule is Cc1ccc(CNC(=O)c2cnn3c(C)c(Cc4c(F)cccc4Cl)c(C)nc23)cc1. The summed E-state index contributed by atoms with van der Waals surface area (Å²) < 4.78 is 15.9. The van der Waals surface area contributed by atoms with Crippen molar-refractivity contribution < 1.29 is 9.18 Å². The van der Waals surface area contributed by atoms with Crippen molar-refractivity contribution in [1.82, 2.24) is 19.9 Å². The monoisotopic (exact) mass is 436 g/mol. The topological polar surface area (TPSA) is 59.3 Å². The molecule has 0 atom stereocenters. The molecule has 1 N–H and O–H groups in total. The van der Waals surface area contributed by atoms with Crippen LogP contribution in [0.15, 0.2) is 48.7 Å². The van der Waals surface area contributed by atoms with Crippen LogP contribution >= 0.6 is 11.6 Å². The summed E-state index contributed by atoms with van der Waals surface area (Å²) in [6.45, 7) is 6.16. The van der Waals surface area contributed by atoms with Crippen LogP contribution < -0.4 is 5.32 Å². The lowest BCUT2D eigenvalue weighted by Crippen LogP contribution is -2.23. The second kappa shape index (κ2) is 8.47. The van der Waals surface area contributed by atoms with Crippen LogP contribution in [0.4, 0.5) is 4.39 Å². The molecule has 0 aliphatic carbocycles. The number of rotatable bonds is 5. The molecule has 0 aliphatic rings. The maximum atomic E-state index is 14.3. The fourth-order valence-corrected chi connectivity index (χ4v) is 3.82. The van der Waals surface area contributed by atoms with E-state index in [0.717, 1.165) is 16.8 Å². The van der Waals surface area contributed by atoms with Gasteiger partial charge in [-0.3, -0.25) is 4.79 Å². The predicted octanol–water partition coefficient (Wildman–Crippen LogP) is 4.97. The van der Waals surface area contributed by atoms with E-state index in [4.69, 9.17) is 11.6 Å². The number of nitrogens with one attached hydrogen (secondary N) is 1. The second-order valence-corrected chi connectivity index (χ2v) is 8.01. The summed E-state index contributed by atoms with van der Waals surface area (Å²) in [5, 5.41) is 7.65. The Bertz CT molecular complexity index is 1260. The van der Waals surface area contributed by atoms with E-state index in [2.05, 4.69) is 15.4 Å². The number of benzene rings is 2. The first-order chi connectivity index (χ1) is 14.8. The normalized spacial score (nSPS) is 11.1. The molecule has 2 heterocycles. The summed E-state index contributed by atoms with van der Waals surface area (Å²) in [4.78, 5) is 17.4. The van der Waals surface area contributed by atoms with Crippen molar-refractivity contribution in [2.24, 2.45) is 0 Å². The van der Waals surface area contributed by atoms with Crippen LogP contribution in [-0.4, -0.2) is 20.5 Å². The average Bonchev–Trinajstić information content (AvgIpc) is 3.16. The Morgan fingerprint density at radius 1 is 1.10 bits per heavy atom. The third kappa shape index (κ3) is 4.16. The lowest BCUT2D eigenvalue weighted by Gasteiger charge is -2.13. The van der Waals surface area contributed by atoms with Gasteiger partial charge in [0.1, 0.15) is 11.4 Å². The zero-order chi connectivity index (χ0) is 22.1. The predicted molar refractivity (Wildman–Crippen MR) is 119 cm³/mol. The van der Waals surface area contributed by atoms with Crippen LogP contribution in [0, 0.1) is 26.6 Å². The number of carbonyl (C=O) groups excluding carboxylic acids is 1. The van der Waals surface area contributed by atoms with Gasteiger partial charge in [0.25, 0.3) is 5.91 Å². The third-order valence-electron chi connectivity index (χ3n) is 5.44. The third-order valence-corrected chi connectivity index (χ3v) is 5.80. The minimum absolute atomic E-state index is 0.244. The minimum Gasteiger partial charge on any atom is -0.348 e. The molecule has 2 aromatic carbocycles. The molecule has 0 unspecified atom stereocenters. The van der Waals surface area contributed by atoms with E-state index in [1.807, 2.05) is 45.0 Å². The zero-order valence-electron chi connectivity index (χ0n) is 17.5. The first-order valence-electron chi connectivity index (χ1n) is 9.95. The van der Waals surface area contributed by atoms with Gasteiger partial charge in [0.15, 0.2) is 5.65 Å². The number of carbonyl (C=O) groups is 1. The van der Waals surface area contributed by atoms with Gasteiger partial charge in [-0.05, 0) is 44.0 Å². The number of amides is 1. The Morgan fingerprint density at radius 3 is 2.55 bits per heavy atom. The minimum atomic E-state index is -0.358. The van der Waals surface area contributed by atoms with Gasteiger partial charge in [-0.2, -0.15) is 5.10 Å². The molecule has 0 saturated heterocycles. The van der Waals surface area contributed by atoms with Gasteiger partial charge in [-0.1, -0.05) is 47.5 Å². The molecule has 158 valence electrons. The van der Waals surface area contributed by atoms with Crippen LogP contribution in [0.3, 0.4) is 0 Å². The number of aryl methyl sites for hydroxylation is 3. The molecule has 0 spiro atoms. The molecule has 0 saturated carbocycles. The van der Waals surface area contributed by atoms with Crippen molar-refractivity contribution in [2.45, 2.75) is 33.7 Å². The van der Waals surface area contributed by atoms with Gasteiger partial charge in [-0.15, -0.1) is 0 Å². The number of fused-ring (bicyclic) bond motifs is 1. The highest BCUT2D eigenvalue weighted by Crippen LogP contribution is 2.26.